The summed E-state index contributed by atoms with van der Waals surface area (Å²) in [5, 5.41) is 10.4. The Morgan fingerprint density at radius 1 is 1.11 bits per heavy atom. The van der Waals surface area contributed by atoms with Gasteiger partial charge in [0.1, 0.15) is 0 Å². The van der Waals surface area contributed by atoms with Gasteiger partial charge in [-0.15, -0.1) is 0 Å². The summed E-state index contributed by atoms with van der Waals surface area (Å²) in [7, 11) is 0. The molecule has 3 unspecified atom stereocenters. The molecule has 0 aromatic heterocycles. The highest BCUT2D eigenvalue weighted by atomic mass is 16.3. The fraction of sp³-hybridized carbons (Fsp3) is 0.333. The van der Waals surface area contributed by atoms with E-state index in [9.17, 15) is 5.11 Å². The van der Waals surface area contributed by atoms with Crippen molar-refractivity contribution in [2.24, 2.45) is 5.92 Å². The number of aliphatic hydroxyl groups excluding tert-OH is 1. The Balaban J connectivity index is 1.63. The summed E-state index contributed by atoms with van der Waals surface area (Å²) in [6, 6.07) is 19.0. The molecule has 0 radical (unpaired) electrons. The van der Waals surface area contributed by atoms with Crippen LogP contribution in [0.3, 0.4) is 0 Å². The van der Waals surface area contributed by atoms with E-state index in [4.69, 9.17) is 0 Å². The van der Waals surface area contributed by atoms with Crippen LogP contribution in [0.4, 0.5) is 0 Å². The Hall–Kier alpha value is -1.60. The maximum atomic E-state index is 10.4. The molecule has 1 aliphatic rings. The van der Waals surface area contributed by atoms with Crippen molar-refractivity contribution in [2.45, 2.75) is 31.8 Å². The highest BCUT2D eigenvalue weighted by Gasteiger charge is 2.42. The summed E-state index contributed by atoms with van der Waals surface area (Å²) in [6.45, 7) is 2.10. The number of aryl methyl sites for hydroxylation is 1. The van der Waals surface area contributed by atoms with Gasteiger partial charge in [0.05, 0.1) is 6.10 Å². The van der Waals surface area contributed by atoms with Crippen LogP contribution >= 0.6 is 0 Å². The smallest absolute Gasteiger partial charge is 0.0614 e. The third-order valence-electron chi connectivity index (χ3n) is 4.09. The maximum absolute atomic E-state index is 10.4. The Bertz CT molecular complexity index is 547. The molecule has 1 saturated carbocycles. The Labute approximate surface area is 114 Å². The maximum Gasteiger partial charge on any atom is 0.0614 e. The molecule has 0 bridgehead atoms. The van der Waals surface area contributed by atoms with Crippen molar-refractivity contribution in [1.82, 2.24) is 0 Å². The minimum Gasteiger partial charge on any atom is -0.392 e. The highest BCUT2D eigenvalue weighted by molar-refractivity contribution is 5.28. The largest absolute Gasteiger partial charge is 0.392 e. The van der Waals surface area contributed by atoms with Gasteiger partial charge in [-0.2, -0.15) is 0 Å². The quantitative estimate of drug-likeness (QED) is 0.879. The van der Waals surface area contributed by atoms with E-state index in [1.807, 2.05) is 6.07 Å². The van der Waals surface area contributed by atoms with Crippen LogP contribution in [-0.4, -0.2) is 11.2 Å². The van der Waals surface area contributed by atoms with E-state index >= 15 is 0 Å². The van der Waals surface area contributed by atoms with Crippen LogP contribution in [0.5, 0.6) is 0 Å². The normalized spacial score (nSPS) is 23.1. The fourth-order valence-electron chi connectivity index (χ4n) is 2.96. The molecule has 1 N–H and O–H groups in total. The van der Waals surface area contributed by atoms with Gasteiger partial charge in [-0.25, -0.2) is 0 Å². The lowest BCUT2D eigenvalue weighted by Crippen LogP contribution is -2.14. The monoisotopic (exact) mass is 252 g/mol. The molecule has 1 heteroatoms. The fourth-order valence-corrected chi connectivity index (χ4v) is 2.96. The summed E-state index contributed by atoms with van der Waals surface area (Å²) in [4.78, 5) is 0. The lowest BCUT2D eigenvalue weighted by atomic mass is 10.0. The van der Waals surface area contributed by atoms with Gasteiger partial charge in [-0.3, -0.25) is 0 Å². The molecule has 0 amide bonds. The van der Waals surface area contributed by atoms with Crippen molar-refractivity contribution in [1.29, 1.82) is 0 Å². The van der Waals surface area contributed by atoms with Crippen LogP contribution in [0, 0.1) is 12.8 Å². The third-order valence-corrected chi connectivity index (χ3v) is 4.09. The summed E-state index contributed by atoms with van der Waals surface area (Å²) < 4.78 is 0. The zero-order valence-corrected chi connectivity index (χ0v) is 11.3. The number of hydrogen-bond donors (Lipinski definition) is 1. The Kier molecular flexibility index (Phi) is 3.39. The molecule has 98 valence electrons. The molecule has 1 fully saturated rings. The van der Waals surface area contributed by atoms with Crippen molar-refractivity contribution in [3.63, 3.8) is 0 Å². The van der Waals surface area contributed by atoms with Crippen molar-refractivity contribution < 1.29 is 5.11 Å². The van der Waals surface area contributed by atoms with E-state index in [1.54, 1.807) is 0 Å². The van der Waals surface area contributed by atoms with Crippen LogP contribution < -0.4 is 0 Å². The van der Waals surface area contributed by atoms with Crippen LogP contribution in [0.2, 0.25) is 0 Å². The predicted molar refractivity (Wildman–Crippen MR) is 78.2 cm³/mol. The first-order valence-corrected chi connectivity index (χ1v) is 7.02. The Morgan fingerprint density at radius 2 is 1.89 bits per heavy atom. The van der Waals surface area contributed by atoms with Gasteiger partial charge in [0.2, 0.25) is 0 Å². The van der Waals surface area contributed by atoms with Gasteiger partial charge in [0, 0.05) is 0 Å². The zero-order chi connectivity index (χ0) is 13.2. The van der Waals surface area contributed by atoms with Crippen LogP contribution in [-0.2, 0) is 6.42 Å². The van der Waals surface area contributed by atoms with E-state index in [2.05, 4.69) is 55.5 Å². The second-order valence-electron chi connectivity index (χ2n) is 5.68. The predicted octanol–water partition coefficient (Wildman–Crippen LogP) is 3.70. The first-order valence-electron chi connectivity index (χ1n) is 7.02. The molecule has 19 heavy (non-hydrogen) atoms. The summed E-state index contributed by atoms with van der Waals surface area (Å²) in [5.74, 6) is 0.990. The van der Waals surface area contributed by atoms with Gasteiger partial charge in [-0.1, -0.05) is 60.2 Å². The number of rotatable bonds is 4. The average Bonchev–Trinajstić information content (AvgIpc) is 3.20. The highest BCUT2D eigenvalue weighted by Crippen LogP contribution is 2.49. The molecular weight excluding hydrogens is 232 g/mol. The average molecular weight is 252 g/mol. The van der Waals surface area contributed by atoms with Crippen LogP contribution in [0.25, 0.3) is 0 Å². The van der Waals surface area contributed by atoms with Crippen molar-refractivity contribution in [3.8, 4) is 0 Å². The van der Waals surface area contributed by atoms with Gasteiger partial charge in [0.25, 0.3) is 0 Å². The zero-order valence-electron chi connectivity index (χ0n) is 11.3. The molecule has 3 rings (SSSR count). The van der Waals surface area contributed by atoms with E-state index in [-0.39, 0.29) is 6.10 Å². The van der Waals surface area contributed by atoms with Gasteiger partial charge >= 0.3 is 0 Å². The van der Waals surface area contributed by atoms with Gasteiger partial charge in [0.15, 0.2) is 0 Å². The second-order valence-corrected chi connectivity index (χ2v) is 5.68. The molecule has 0 saturated heterocycles. The second kappa shape index (κ2) is 5.18. The number of aliphatic hydroxyl groups is 1. The molecule has 0 spiro atoms. The number of hydrogen-bond acceptors (Lipinski definition) is 1. The van der Waals surface area contributed by atoms with Crippen LogP contribution in [0.15, 0.2) is 54.6 Å². The van der Waals surface area contributed by atoms with E-state index < -0.39 is 0 Å². The minimum absolute atomic E-state index is 0.216. The first-order chi connectivity index (χ1) is 9.24. The lowest BCUT2D eigenvalue weighted by Gasteiger charge is -2.11. The Morgan fingerprint density at radius 3 is 2.63 bits per heavy atom. The van der Waals surface area contributed by atoms with Crippen LogP contribution in [0.1, 0.15) is 29.0 Å². The molecule has 2 aromatic rings. The van der Waals surface area contributed by atoms with Gasteiger partial charge in [-0.05, 0) is 42.7 Å². The topological polar surface area (TPSA) is 20.2 Å². The number of benzene rings is 2. The van der Waals surface area contributed by atoms with Crippen molar-refractivity contribution in [2.75, 3.05) is 0 Å². The molecule has 1 aliphatic carbocycles. The standard InChI is InChI=1S/C18H20O/c1-13-6-5-7-14(10-13)11-18(19)17-12-16(17)15-8-3-2-4-9-15/h2-10,16-19H,11-12H2,1H3. The third kappa shape index (κ3) is 2.87. The lowest BCUT2D eigenvalue weighted by molar-refractivity contribution is 0.149. The summed E-state index contributed by atoms with van der Waals surface area (Å²) in [6.07, 6.45) is 1.68. The molecule has 1 nitrogen and oxygen atoms in total. The van der Waals surface area contributed by atoms with E-state index in [0.29, 0.717) is 11.8 Å². The van der Waals surface area contributed by atoms with Gasteiger partial charge < -0.3 is 5.11 Å². The van der Waals surface area contributed by atoms with E-state index in [1.165, 1.54) is 16.7 Å². The minimum atomic E-state index is -0.216. The summed E-state index contributed by atoms with van der Waals surface area (Å²) >= 11 is 0. The first kappa shape index (κ1) is 12.4. The molecular formula is C18H20O. The molecule has 3 atom stereocenters. The molecule has 0 heterocycles. The van der Waals surface area contributed by atoms with Crippen molar-refractivity contribution >= 4 is 0 Å². The van der Waals surface area contributed by atoms with E-state index in [0.717, 1.165) is 12.8 Å². The van der Waals surface area contributed by atoms with Crippen molar-refractivity contribution in [3.05, 3.63) is 71.3 Å². The molecule has 2 aromatic carbocycles. The summed E-state index contributed by atoms with van der Waals surface area (Å²) in [5.41, 5.74) is 3.88. The molecule has 0 aliphatic heterocycles. The SMILES string of the molecule is Cc1cccc(CC(O)C2CC2c2ccccc2)c1.